The molecule has 6 heteroatoms. The molecule has 0 radical (unpaired) electrons. The monoisotopic (exact) mass is 342 g/mol. The third-order valence-electron chi connectivity index (χ3n) is 3.58. The molecular formula is C18H30O6. The summed E-state index contributed by atoms with van der Waals surface area (Å²) < 4.78 is 9.36. The number of esters is 2. The van der Waals surface area contributed by atoms with Crippen LogP contribution in [0.25, 0.3) is 0 Å². The Morgan fingerprint density at radius 3 is 1.96 bits per heavy atom. The van der Waals surface area contributed by atoms with Gasteiger partial charge in [0.2, 0.25) is 0 Å². The van der Waals surface area contributed by atoms with E-state index in [1.807, 2.05) is 0 Å². The Morgan fingerprint density at radius 1 is 0.958 bits per heavy atom. The lowest BCUT2D eigenvalue weighted by Crippen LogP contribution is -2.48. The van der Waals surface area contributed by atoms with E-state index >= 15 is 0 Å². The van der Waals surface area contributed by atoms with Crippen molar-refractivity contribution in [2.45, 2.75) is 76.8 Å². The van der Waals surface area contributed by atoms with Crippen LogP contribution in [0.3, 0.4) is 0 Å². The summed E-state index contributed by atoms with van der Waals surface area (Å²) in [6, 6.07) is 0. The molecule has 0 aromatic heterocycles. The lowest BCUT2D eigenvalue weighted by atomic mass is 10.0. The molecule has 138 valence electrons. The molecule has 0 aromatic carbocycles. The van der Waals surface area contributed by atoms with Gasteiger partial charge in [-0.25, -0.2) is 9.59 Å². The van der Waals surface area contributed by atoms with Gasteiger partial charge in [-0.1, -0.05) is 65.0 Å². The summed E-state index contributed by atoms with van der Waals surface area (Å²) >= 11 is 0. The first-order valence-corrected chi connectivity index (χ1v) is 8.50. The fourth-order valence-corrected chi connectivity index (χ4v) is 2.23. The van der Waals surface area contributed by atoms with E-state index in [1.54, 1.807) is 0 Å². The van der Waals surface area contributed by atoms with Crippen molar-refractivity contribution in [3.63, 3.8) is 0 Å². The highest BCUT2D eigenvalue weighted by molar-refractivity contribution is 5.82. The fourth-order valence-electron chi connectivity index (χ4n) is 2.23. The summed E-state index contributed by atoms with van der Waals surface area (Å²) in [6.07, 6.45) is 8.94. The lowest BCUT2D eigenvalue weighted by molar-refractivity contribution is -0.357. The fraction of sp³-hybridized carbons (Fsp3) is 0.667. The molecule has 6 nitrogen and oxygen atoms in total. The number of rotatable bonds is 14. The minimum absolute atomic E-state index is 0.159. The van der Waals surface area contributed by atoms with Gasteiger partial charge in [0, 0.05) is 12.2 Å². The van der Waals surface area contributed by atoms with E-state index in [4.69, 9.17) is 4.74 Å². The van der Waals surface area contributed by atoms with Gasteiger partial charge >= 0.3 is 17.9 Å². The number of ether oxygens (including phenoxy) is 2. The number of carbonyl (C=O) groups is 2. The molecule has 0 saturated carbocycles. The molecule has 0 aliphatic rings. The lowest BCUT2D eigenvalue weighted by Gasteiger charge is -2.29. The smallest absolute Gasteiger partial charge is 0.363 e. The average molecular weight is 342 g/mol. The summed E-state index contributed by atoms with van der Waals surface area (Å²) in [6.45, 7) is 8.60. The zero-order valence-corrected chi connectivity index (χ0v) is 14.5. The van der Waals surface area contributed by atoms with E-state index in [0.717, 1.165) is 31.4 Å². The van der Waals surface area contributed by atoms with Crippen LogP contribution in [0.4, 0.5) is 0 Å². The molecule has 1 unspecified atom stereocenters. The molecule has 0 fully saturated rings. The maximum Gasteiger partial charge on any atom is 0.363 e. The van der Waals surface area contributed by atoms with Crippen LogP contribution in [-0.4, -0.2) is 34.2 Å². The zero-order valence-electron chi connectivity index (χ0n) is 14.5. The van der Waals surface area contributed by atoms with Crippen molar-refractivity contribution in [2.24, 2.45) is 0 Å². The topological polar surface area (TPSA) is 93.1 Å². The van der Waals surface area contributed by atoms with Crippen molar-refractivity contribution in [3.8, 4) is 0 Å². The molecule has 0 saturated heterocycles. The average Bonchev–Trinajstić information content (AvgIpc) is 2.55. The van der Waals surface area contributed by atoms with Crippen LogP contribution >= 0.6 is 0 Å². The van der Waals surface area contributed by atoms with Gasteiger partial charge in [-0.2, -0.15) is 0 Å². The van der Waals surface area contributed by atoms with E-state index in [1.165, 1.54) is 25.7 Å². The maximum absolute atomic E-state index is 11.3. The van der Waals surface area contributed by atoms with Crippen molar-refractivity contribution < 1.29 is 29.3 Å². The van der Waals surface area contributed by atoms with E-state index in [9.17, 15) is 19.8 Å². The Labute approximate surface area is 144 Å². The van der Waals surface area contributed by atoms with Gasteiger partial charge in [0.25, 0.3) is 0 Å². The van der Waals surface area contributed by atoms with Crippen molar-refractivity contribution in [1.82, 2.24) is 0 Å². The van der Waals surface area contributed by atoms with Crippen LogP contribution in [0.5, 0.6) is 0 Å². The van der Waals surface area contributed by atoms with Crippen molar-refractivity contribution >= 4 is 11.9 Å². The first kappa shape index (κ1) is 22.3. The predicted molar refractivity (Wildman–Crippen MR) is 90.8 cm³/mol. The molecule has 1 atom stereocenters. The van der Waals surface area contributed by atoms with Gasteiger partial charge < -0.3 is 19.7 Å². The minimum Gasteiger partial charge on any atom is -0.449 e. The second-order valence-electron chi connectivity index (χ2n) is 5.68. The highest BCUT2D eigenvalue weighted by Crippen LogP contribution is 2.21. The first-order valence-electron chi connectivity index (χ1n) is 8.50. The van der Waals surface area contributed by atoms with E-state index in [0.29, 0.717) is 6.42 Å². The molecule has 0 heterocycles. The van der Waals surface area contributed by atoms with Gasteiger partial charge in [0.05, 0.1) is 0 Å². The van der Waals surface area contributed by atoms with Crippen LogP contribution in [0, 0.1) is 0 Å². The largest absolute Gasteiger partial charge is 0.449 e. The van der Waals surface area contributed by atoms with Crippen molar-refractivity contribution in [1.29, 1.82) is 0 Å². The van der Waals surface area contributed by atoms with Crippen LogP contribution in [-0.2, 0) is 19.1 Å². The van der Waals surface area contributed by atoms with Crippen LogP contribution in [0.2, 0.25) is 0 Å². The zero-order chi connectivity index (χ0) is 18.4. The molecule has 0 aliphatic carbocycles. The second kappa shape index (κ2) is 12.7. The van der Waals surface area contributed by atoms with Crippen LogP contribution in [0.15, 0.2) is 25.3 Å². The predicted octanol–water partition coefficient (Wildman–Crippen LogP) is 2.98. The summed E-state index contributed by atoms with van der Waals surface area (Å²) in [7, 11) is 0. The van der Waals surface area contributed by atoms with Crippen molar-refractivity contribution in [3.05, 3.63) is 25.3 Å². The Kier molecular flexibility index (Phi) is 11.8. The maximum atomic E-state index is 11.3. The van der Waals surface area contributed by atoms with Gasteiger partial charge in [0.15, 0.2) is 6.10 Å². The first-order chi connectivity index (χ1) is 11.4. The van der Waals surface area contributed by atoms with Crippen LogP contribution < -0.4 is 0 Å². The third-order valence-corrected chi connectivity index (χ3v) is 3.58. The number of aliphatic hydroxyl groups is 2. The van der Waals surface area contributed by atoms with Crippen molar-refractivity contribution in [2.75, 3.05) is 0 Å². The molecule has 0 spiro atoms. The summed E-state index contributed by atoms with van der Waals surface area (Å²) in [4.78, 5) is 22.5. The molecule has 0 bridgehead atoms. The Balaban J connectivity index is 4.36. The number of hydrogen-bond acceptors (Lipinski definition) is 6. The highest BCUT2D eigenvalue weighted by atomic mass is 16.8. The quantitative estimate of drug-likeness (QED) is 0.218. The standard InChI is InChI=1S/C18H30O6/c1-4-7-8-9-10-11-12-13-14-15(23-16(19)5-2)18(21,22)24-17(20)6-3/h5-6,15,21-22H,2-4,7-14H2,1H3. The third kappa shape index (κ3) is 10.2. The van der Waals surface area contributed by atoms with Gasteiger partial charge in [-0.05, 0) is 12.8 Å². The van der Waals surface area contributed by atoms with E-state index < -0.39 is 24.0 Å². The highest BCUT2D eigenvalue weighted by Gasteiger charge is 2.41. The Hall–Kier alpha value is -1.66. The summed E-state index contributed by atoms with van der Waals surface area (Å²) in [5.41, 5.74) is 0. The number of carbonyl (C=O) groups excluding carboxylic acids is 2. The molecule has 0 aliphatic heterocycles. The molecule has 0 aromatic rings. The Bertz CT molecular complexity index is 402. The normalized spacial score (nSPS) is 12.3. The SMILES string of the molecule is C=CC(=O)OC(CCCCCCCCCC)C(O)(O)OC(=O)C=C. The molecule has 0 amide bonds. The number of hydrogen-bond donors (Lipinski definition) is 2. The van der Waals surface area contributed by atoms with E-state index in [-0.39, 0.29) is 6.42 Å². The molecule has 24 heavy (non-hydrogen) atoms. The molecular weight excluding hydrogens is 312 g/mol. The summed E-state index contributed by atoms with van der Waals surface area (Å²) in [5, 5.41) is 19.7. The Morgan fingerprint density at radius 2 is 1.46 bits per heavy atom. The number of unbranched alkanes of at least 4 members (excludes halogenated alkanes) is 7. The minimum atomic E-state index is -2.90. The van der Waals surface area contributed by atoms with Gasteiger partial charge in [0.1, 0.15) is 0 Å². The van der Waals surface area contributed by atoms with Crippen LogP contribution in [0.1, 0.15) is 64.7 Å². The molecule has 2 N–H and O–H groups in total. The van der Waals surface area contributed by atoms with Gasteiger partial charge in [-0.3, -0.25) is 0 Å². The summed E-state index contributed by atoms with van der Waals surface area (Å²) in [5.74, 6) is -4.73. The van der Waals surface area contributed by atoms with Gasteiger partial charge in [-0.15, -0.1) is 0 Å². The molecule has 0 rings (SSSR count). The second-order valence-corrected chi connectivity index (χ2v) is 5.68. The van der Waals surface area contributed by atoms with E-state index in [2.05, 4.69) is 24.8 Å².